The third-order valence-electron chi connectivity index (χ3n) is 4.43. The van der Waals surface area contributed by atoms with Crippen LogP contribution < -0.4 is 0 Å². The number of nitrogens with zero attached hydrogens (tertiary/aromatic N) is 3. The molecule has 2 aliphatic heterocycles. The van der Waals surface area contributed by atoms with E-state index in [9.17, 15) is 0 Å². The molecule has 1 atom stereocenters. The third-order valence-corrected chi connectivity index (χ3v) is 4.43. The van der Waals surface area contributed by atoms with Crippen molar-refractivity contribution < 1.29 is 4.42 Å². The van der Waals surface area contributed by atoms with E-state index in [1.54, 1.807) is 0 Å². The molecule has 3 rings (SSSR count). The molecule has 2 aliphatic rings. The van der Waals surface area contributed by atoms with Gasteiger partial charge in [0.1, 0.15) is 11.5 Å². The Hall–Kier alpha value is -0.840. The van der Waals surface area contributed by atoms with Crippen molar-refractivity contribution in [3.63, 3.8) is 0 Å². The lowest BCUT2D eigenvalue weighted by atomic mass is 10.1. The van der Waals surface area contributed by atoms with Crippen molar-refractivity contribution in [2.45, 2.75) is 25.9 Å². The van der Waals surface area contributed by atoms with Gasteiger partial charge in [-0.15, -0.1) is 0 Å². The Bertz CT molecular complexity index is 417. The Morgan fingerprint density at radius 3 is 2.68 bits per heavy atom. The molecule has 0 aromatic carbocycles. The molecule has 1 aromatic rings. The van der Waals surface area contributed by atoms with Gasteiger partial charge >= 0.3 is 0 Å². The molecule has 4 heteroatoms. The maximum atomic E-state index is 5.83. The zero-order valence-corrected chi connectivity index (χ0v) is 12.1. The minimum atomic E-state index is 0.702. The van der Waals surface area contributed by atoms with Gasteiger partial charge in [-0.3, -0.25) is 9.80 Å². The van der Waals surface area contributed by atoms with Crippen molar-refractivity contribution in [1.82, 2.24) is 14.7 Å². The van der Waals surface area contributed by atoms with Crippen LogP contribution in [0, 0.1) is 0 Å². The van der Waals surface area contributed by atoms with Gasteiger partial charge in [0, 0.05) is 51.7 Å². The van der Waals surface area contributed by atoms with Crippen LogP contribution in [0.3, 0.4) is 0 Å². The fraction of sp³-hybridized carbons (Fsp3) is 0.733. The topological polar surface area (TPSA) is 22.9 Å². The predicted octanol–water partition coefficient (Wildman–Crippen LogP) is 1.27. The van der Waals surface area contributed by atoms with Crippen molar-refractivity contribution in [3.05, 3.63) is 23.7 Å². The van der Waals surface area contributed by atoms with Gasteiger partial charge in [0.25, 0.3) is 0 Å². The molecule has 2 saturated heterocycles. The second-order valence-electron chi connectivity index (χ2n) is 5.91. The Kier molecular flexibility index (Phi) is 3.91. The van der Waals surface area contributed by atoms with E-state index < -0.39 is 0 Å². The van der Waals surface area contributed by atoms with E-state index in [0.717, 1.165) is 24.5 Å². The highest BCUT2D eigenvalue weighted by atomic mass is 16.3. The summed E-state index contributed by atoms with van der Waals surface area (Å²) in [5.41, 5.74) is 0. The molecule has 19 heavy (non-hydrogen) atoms. The average Bonchev–Trinajstić information content (AvgIpc) is 2.86. The Labute approximate surface area is 116 Å². The molecule has 2 fully saturated rings. The van der Waals surface area contributed by atoms with Crippen LogP contribution in [0.2, 0.25) is 0 Å². The normalized spacial score (nSPS) is 26.5. The molecule has 1 unspecified atom stereocenters. The minimum absolute atomic E-state index is 0.702. The molecule has 0 bridgehead atoms. The van der Waals surface area contributed by atoms with Gasteiger partial charge in [-0.1, -0.05) is 6.92 Å². The van der Waals surface area contributed by atoms with Crippen LogP contribution in [0.5, 0.6) is 0 Å². The molecule has 3 heterocycles. The molecule has 106 valence electrons. The average molecular weight is 263 g/mol. The first-order valence-electron chi connectivity index (χ1n) is 7.47. The first-order valence-corrected chi connectivity index (χ1v) is 7.47. The highest BCUT2D eigenvalue weighted by Crippen LogP contribution is 2.18. The van der Waals surface area contributed by atoms with Crippen molar-refractivity contribution in [3.8, 4) is 0 Å². The van der Waals surface area contributed by atoms with Crippen molar-refractivity contribution >= 4 is 0 Å². The van der Waals surface area contributed by atoms with Crippen LogP contribution >= 0.6 is 0 Å². The highest BCUT2D eigenvalue weighted by molar-refractivity contribution is 5.07. The fourth-order valence-corrected chi connectivity index (χ4v) is 3.24. The molecule has 0 radical (unpaired) electrons. The molecule has 1 aromatic heterocycles. The van der Waals surface area contributed by atoms with Crippen molar-refractivity contribution in [2.24, 2.45) is 0 Å². The molecular weight excluding hydrogens is 238 g/mol. The maximum absolute atomic E-state index is 5.83. The van der Waals surface area contributed by atoms with E-state index in [-0.39, 0.29) is 0 Å². The van der Waals surface area contributed by atoms with E-state index in [0.29, 0.717) is 6.04 Å². The standard InChI is InChI=1S/C15H25N3O/c1-3-14-4-5-15(19-14)12-17-7-9-18-8-6-16(2)10-13(18)11-17/h4-5,13H,3,6-12H2,1-2H3. The molecule has 4 nitrogen and oxygen atoms in total. The van der Waals surface area contributed by atoms with Gasteiger partial charge in [-0.05, 0) is 19.2 Å². The van der Waals surface area contributed by atoms with Crippen LogP contribution in [0.25, 0.3) is 0 Å². The second-order valence-corrected chi connectivity index (χ2v) is 5.91. The van der Waals surface area contributed by atoms with Gasteiger partial charge in [-0.25, -0.2) is 0 Å². The Morgan fingerprint density at radius 1 is 1.11 bits per heavy atom. The third kappa shape index (κ3) is 3.02. The van der Waals surface area contributed by atoms with E-state index >= 15 is 0 Å². The summed E-state index contributed by atoms with van der Waals surface area (Å²) in [6.45, 7) is 10.3. The molecular formula is C15H25N3O. The maximum Gasteiger partial charge on any atom is 0.118 e. The van der Waals surface area contributed by atoms with Crippen molar-refractivity contribution in [2.75, 3.05) is 46.3 Å². The van der Waals surface area contributed by atoms with Crippen LogP contribution in [0.15, 0.2) is 16.5 Å². The summed E-state index contributed by atoms with van der Waals surface area (Å²) < 4.78 is 5.83. The van der Waals surface area contributed by atoms with Gasteiger partial charge in [0.05, 0.1) is 6.54 Å². The predicted molar refractivity (Wildman–Crippen MR) is 76.2 cm³/mol. The van der Waals surface area contributed by atoms with Gasteiger partial charge in [0.15, 0.2) is 0 Å². The summed E-state index contributed by atoms with van der Waals surface area (Å²) in [7, 11) is 2.23. The smallest absolute Gasteiger partial charge is 0.118 e. The van der Waals surface area contributed by atoms with E-state index in [1.807, 2.05) is 0 Å². The lowest BCUT2D eigenvalue weighted by molar-refractivity contribution is 0.0153. The molecule has 0 aliphatic carbocycles. The Balaban J connectivity index is 1.57. The Morgan fingerprint density at radius 2 is 1.89 bits per heavy atom. The zero-order valence-electron chi connectivity index (χ0n) is 12.1. The number of likely N-dealkylation sites (N-methyl/N-ethyl adjacent to an activating group) is 1. The number of aryl methyl sites for hydroxylation is 1. The SMILES string of the molecule is CCc1ccc(CN2CCN3CCN(C)CC3C2)o1. The number of rotatable bonds is 3. The van der Waals surface area contributed by atoms with Gasteiger partial charge in [0.2, 0.25) is 0 Å². The van der Waals surface area contributed by atoms with Crippen molar-refractivity contribution in [1.29, 1.82) is 0 Å². The molecule has 0 N–H and O–H groups in total. The summed E-state index contributed by atoms with van der Waals surface area (Å²) in [6, 6.07) is 4.95. The van der Waals surface area contributed by atoms with E-state index in [4.69, 9.17) is 4.42 Å². The summed E-state index contributed by atoms with van der Waals surface area (Å²) in [5, 5.41) is 0. The number of piperazine rings is 2. The van der Waals surface area contributed by atoms with Crippen LogP contribution in [0.1, 0.15) is 18.4 Å². The summed E-state index contributed by atoms with van der Waals surface area (Å²) in [4.78, 5) is 7.64. The number of furan rings is 1. The number of hydrogen-bond acceptors (Lipinski definition) is 4. The fourth-order valence-electron chi connectivity index (χ4n) is 3.24. The van der Waals surface area contributed by atoms with Crippen LogP contribution in [-0.2, 0) is 13.0 Å². The quantitative estimate of drug-likeness (QED) is 0.819. The minimum Gasteiger partial charge on any atom is -0.465 e. The monoisotopic (exact) mass is 263 g/mol. The van der Waals surface area contributed by atoms with E-state index in [2.05, 4.69) is 40.8 Å². The van der Waals surface area contributed by atoms with Crippen LogP contribution in [0.4, 0.5) is 0 Å². The summed E-state index contributed by atoms with van der Waals surface area (Å²) in [5.74, 6) is 2.22. The lowest BCUT2D eigenvalue weighted by Crippen LogP contribution is -2.60. The lowest BCUT2D eigenvalue weighted by Gasteiger charge is -2.46. The number of hydrogen-bond donors (Lipinski definition) is 0. The summed E-state index contributed by atoms with van der Waals surface area (Å²) in [6.07, 6.45) is 0.987. The highest BCUT2D eigenvalue weighted by Gasteiger charge is 2.30. The summed E-state index contributed by atoms with van der Waals surface area (Å²) >= 11 is 0. The van der Waals surface area contributed by atoms with Crippen LogP contribution in [-0.4, -0.2) is 67.1 Å². The second kappa shape index (κ2) is 5.65. The first-order chi connectivity index (χ1) is 9.24. The largest absolute Gasteiger partial charge is 0.465 e. The van der Waals surface area contributed by atoms with Gasteiger partial charge < -0.3 is 9.32 Å². The molecule has 0 amide bonds. The first kappa shape index (κ1) is 13.2. The molecule has 0 spiro atoms. The van der Waals surface area contributed by atoms with E-state index in [1.165, 1.54) is 39.3 Å². The molecule has 0 saturated carbocycles. The van der Waals surface area contributed by atoms with Gasteiger partial charge in [-0.2, -0.15) is 0 Å². The zero-order chi connectivity index (χ0) is 13.2. The number of fused-ring (bicyclic) bond motifs is 1.